The van der Waals surface area contributed by atoms with Crippen LogP contribution >= 0.6 is 11.6 Å². The summed E-state index contributed by atoms with van der Waals surface area (Å²) in [6.07, 6.45) is 0.965. The van der Waals surface area contributed by atoms with Gasteiger partial charge in [-0.25, -0.2) is 8.42 Å². The standard InChI is InChI=1S/C19H21ClN2O3S/c20-17-3-1-2-4-19(17)26(23,24)22-10-8-21(9-11-22)14-15-5-6-18-16(13-15)7-12-25-18/h1-6,13H,7-12,14H2. The molecule has 0 spiro atoms. The number of nitrogens with zero attached hydrogens (tertiary/aromatic N) is 2. The first-order valence-corrected chi connectivity index (χ1v) is 10.6. The third-order valence-electron chi connectivity index (χ3n) is 4.95. The Labute approximate surface area is 159 Å². The van der Waals surface area contributed by atoms with Crippen LogP contribution in [0.15, 0.2) is 47.4 Å². The molecule has 0 aromatic heterocycles. The van der Waals surface area contributed by atoms with E-state index in [9.17, 15) is 8.42 Å². The summed E-state index contributed by atoms with van der Waals surface area (Å²) in [6, 6.07) is 13.0. The van der Waals surface area contributed by atoms with Crippen LogP contribution in [-0.4, -0.2) is 50.4 Å². The highest BCUT2D eigenvalue weighted by Crippen LogP contribution is 2.27. The number of hydrogen-bond donors (Lipinski definition) is 0. The molecule has 2 aliphatic rings. The topological polar surface area (TPSA) is 49.9 Å². The van der Waals surface area contributed by atoms with Crippen molar-refractivity contribution in [2.24, 2.45) is 0 Å². The van der Waals surface area contributed by atoms with Crippen LogP contribution in [0.5, 0.6) is 5.75 Å². The van der Waals surface area contributed by atoms with E-state index in [4.69, 9.17) is 16.3 Å². The van der Waals surface area contributed by atoms with Crippen LogP contribution in [0.25, 0.3) is 0 Å². The molecule has 7 heteroatoms. The van der Waals surface area contributed by atoms with Crippen molar-refractivity contribution < 1.29 is 13.2 Å². The SMILES string of the molecule is O=S(=O)(c1ccccc1Cl)N1CCN(Cc2ccc3c(c2)CCO3)CC1. The largest absolute Gasteiger partial charge is 0.493 e. The molecule has 1 saturated heterocycles. The van der Waals surface area contributed by atoms with Gasteiger partial charge in [0.2, 0.25) is 10.0 Å². The van der Waals surface area contributed by atoms with E-state index in [1.807, 2.05) is 6.07 Å². The molecular weight excluding hydrogens is 372 g/mol. The molecule has 0 atom stereocenters. The number of halogens is 1. The Bertz CT molecular complexity index is 909. The summed E-state index contributed by atoms with van der Waals surface area (Å²) in [4.78, 5) is 2.48. The third-order valence-corrected chi connectivity index (χ3v) is 7.34. The van der Waals surface area contributed by atoms with Gasteiger partial charge in [-0.15, -0.1) is 0 Å². The van der Waals surface area contributed by atoms with E-state index in [0.717, 1.165) is 25.3 Å². The van der Waals surface area contributed by atoms with E-state index in [-0.39, 0.29) is 9.92 Å². The first-order valence-electron chi connectivity index (χ1n) is 8.76. The Hall–Kier alpha value is -1.60. The highest BCUT2D eigenvalue weighted by Gasteiger charge is 2.30. The fraction of sp³-hybridized carbons (Fsp3) is 0.368. The normalized spacial score (nSPS) is 18.5. The molecule has 0 amide bonds. The number of fused-ring (bicyclic) bond motifs is 1. The van der Waals surface area contributed by atoms with Crippen molar-refractivity contribution in [3.8, 4) is 5.75 Å². The van der Waals surface area contributed by atoms with Crippen LogP contribution in [0.4, 0.5) is 0 Å². The number of rotatable bonds is 4. The summed E-state index contributed by atoms with van der Waals surface area (Å²) in [5, 5.41) is 0.273. The first-order chi connectivity index (χ1) is 12.5. The van der Waals surface area contributed by atoms with E-state index >= 15 is 0 Å². The minimum atomic E-state index is -3.54. The molecule has 0 aliphatic carbocycles. The molecule has 4 rings (SSSR count). The predicted octanol–water partition coefficient (Wildman–Crippen LogP) is 2.78. The molecule has 2 aliphatic heterocycles. The quantitative estimate of drug-likeness (QED) is 0.802. The number of benzene rings is 2. The summed E-state index contributed by atoms with van der Waals surface area (Å²) in [5.74, 6) is 0.990. The molecule has 0 saturated carbocycles. The monoisotopic (exact) mass is 392 g/mol. The molecule has 26 heavy (non-hydrogen) atoms. The van der Waals surface area contributed by atoms with Gasteiger partial charge in [-0.1, -0.05) is 35.9 Å². The first kappa shape index (κ1) is 17.8. The molecule has 0 unspecified atom stereocenters. The summed E-state index contributed by atoms with van der Waals surface area (Å²) in [7, 11) is -3.54. The van der Waals surface area contributed by atoms with Crippen LogP contribution in [-0.2, 0) is 23.0 Å². The van der Waals surface area contributed by atoms with Crippen molar-refractivity contribution in [2.75, 3.05) is 32.8 Å². The van der Waals surface area contributed by atoms with Gasteiger partial charge in [0.05, 0.1) is 11.6 Å². The molecule has 138 valence electrons. The number of piperazine rings is 1. The van der Waals surface area contributed by atoms with Crippen molar-refractivity contribution in [1.82, 2.24) is 9.21 Å². The number of hydrogen-bond acceptors (Lipinski definition) is 4. The molecular formula is C19H21ClN2O3S. The predicted molar refractivity (Wildman–Crippen MR) is 101 cm³/mol. The van der Waals surface area contributed by atoms with E-state index in [1.54, 1.807) is 24.3 Å². The third kappa shape index (κ3) is 3.47. The van der Waals surface area contributed by atoms with E-state index in [0.29, 0.717) is 26.2 Å². The van der Waals surface area contributed by atoms with Gasteiger partial charge in [-0.2, -0.15) is 4.31 Å². The van der Waals surface area contributed by atoms with Crippen LogP contribution < -0.4 is 4.74 Å². The average molecular weight is 393 g/mol. The van der Waals surface area contributed by atoms with Crippen molar-refractivity contribution >= 4 is 21.6 Å². The van der Waals surface area contributed by atoms with Gasteiger partial charge < -0.3 is 4.74 Å². The fourth-order valence-corrected chi connectivity index (χ4v) is 5.43. The van der Waals surface area contributed by atoms with Gasteiger partial charge in [-0.3, -0.25) is 4.90 Å². The molecule has 0 bridgehead atoms. The zero-order valence-electron chi connectivity index (χ0n) is 14.4. The molecule has 5 nitrogen and oxygen atoms in total. The maximum absolute atomic E-state index is 12.8. The van der Waals surface area contributed by atoms with Gasteiger partial charge in [0, 0.05) is 39.1 Å². The number of ether oxygens (including phenoxy) is 1. The maximum atomic E-state index is 12.8. The molecule has 2 heterocycles. The highest BCUT2D eigenvalue weighted by atomic mass is 35.5. The van der Waals surface area contributed by atoms with Gasteiger partial charge in [0.15, 0.2) is 0 Å². The van der Waals surface area contributed by atoms with Gasteiger partial charge in [0.1, 0.15) is 10.6 Å². The van der Waals surface area contributed by atoms with Gasteiger partial charge in [-0.05, 0) is 29.3 Å². The second-order valence-electron chi connectivity index (χ2n) is 6.65. The molecule has 0 radical (unpaired) electrons. The lowest BCUT2D eigenvalue weighted by Crippen LogP contribution is -2.48. The van der Waals surface area contributed by atoms with E-state index < -0.39 is 10.0 Å². The second kappa shape index (κ2) is 7.19. The Kier molecular flexibility index (Phi) is 4.92. The summed E-state index contributed by atoms with van der Waals surface area (Å²) in [6.45, 7) is 3.95. The molecule has 2 aromatic carbocycles. The van der Waals surface area contributed by atoms with Crippen LogP contribution in [0.3, 0.4) is 0 Å². The van der Waals surface area contributed by atoms with Crippen molar-refractivity contribution in [3.05, 3.63) is 58.6 Å². The maximum Gasteiger partial charge on any atom is 0.244 e. The van der Waals surface area contributed by atoms with Crippen molar-refractivity contribution in [3.63, 3.8) is 0 Å². The van der Waals surface area contributed by atoms with Gasteiger partial charge >= 0.3 is 0 Å². The minimum absolute atomic E-state index is 0.189. The smallest absolute Gasteiger partial charge is 0.244 e. The summed E-state index contributed by atoms with van der Waals surface area (Å²) < 4.78 is 32.7. The Balaban J connectivity index is 1.40. The van der Waals surface area contributed by atoms with Crippen LogP contribution in [0, 0.1) is 0 Å². The van der Waals surface area contributed by atoms with Crippen LogP contribution in [0.1, 0.15) is 11.1 Å². The number of sulfonamides is 1. The van der Waals surface area contributed by atoms with Crippen molar-refractivity contribution in [2.45, 2.75) is 17.9 Å². The zero-order valence-corrected chi connectivity index (χ0v) is 16.0. The van der Waals surface area contributed by atoms with E-state index in [2.05, 4.69) is 17.0 Å². The Morgan fingerprint density at radius 2 is 1.81 bits per heavy atom. The molecule has 1 fully saturated rings. The zero-order chi connectivity index (χ0) is 18.1. The molecule has 2 aromatic rings. The highest BCUT2D eigenvalue weighted by molar-refractivity contribution is 7.89. The fourth-order valence-electron chi connectivity index (χ4n) is 3.52. The Morgan fingerprint density at radius 3 is 2.58 bits per heavy atom. The van der Waals surface area contributed by atoms with Gasteiger partial charge in [0.25, 0.3) is 0 Å². The van der Waals surface area contributed by atoms with Crippen LogP contribution in [0.2, 0.25) is 5.02 Å². The van der Waals surface area contributed by atoms with Crippen molar-refractivity contribution in [1.29, 1.82) is 0 Å². The lowest BCUT2D eigenvalue weighted by Gasteiger charge is -2.34. The average Bonchev–Trinajstić information content (AvgIpc) is 3.10. The van der Waals surface area contributed by atoms with E-state index in [1.165, 1.54) is 15.4 Å². The lowest BCUT2D eigenvalue weighted by atomic mass is 10.1. The Morgan fingerprint density at radius 1 is 1.04 bits per heavy atom. The lowest BCUT2D eigenvalue weighted by molar-refractivity contribution is 0.181. The second-order valence-corrected chi connectivity index (χ2v) is 8.96. The summed E-state index contributed by atoms with van der Waals surface area (Å²) in [5.41, 5.74) is 2.51. The minimum Gasteiger partial charge on any atom is -0.493 e. The summed E-state index contributed by atoms with van der Waals surface area (Å²) >= 11 is 6.08. The molecule has 0 N–H and O–H groups in total.